The molecule has 3 nitrogen and oxygen atoms in total. The monoisotopic (exact) mass is 242 g/mol. The minimum atomic E-state index is -0.547. The van der Waals surface area contributed by atoms with E-state index in [1.807, 2.05) is 6.92 Å². The fourth-order valence-corrected chi connectivity index (χ4v) is 2.58. The largest absolute Gasteiger partial charge is 0.381 e. The van der Waals surface area contributed by atoms with Crippen molar-refractivity contribution in [2.75, 3.05) is 19.8 Å². The Balaban J connectivity index is 2.59. The zero-order valence-electron chi connectivity index (χ0n) is 11.5. The van der Waals surface area contributed by atoms with Crippen LogP contribution in [-0.2, 0) is 14.3 Å². The maximum absolute atomic E-state index is 12.4. The molecule has 100 valence electrons. The predicted octanol–water partition coefficient (Wildman–Crippen LogP) is 2.97. The van der Waals surface area contributed by atoms with Crippen molar-refractivity contribution in [1.29, 1.82) is 0 Å². The van der Waals surface area contributed by atoms with E-state index >= 15 is 0 Å². The molecule has 0 aromatic carbocycles. The van der Waals surface area contributed by atoms with Gasteiger partial charge in [0.05, 0.1) is 0 Å². The molecule has 1 aliphatic rings. The van der Waals surface area contributed by atoms with Gasteiger partial charge in [-0.25, -0.2) is 0 Å². The molecule has 0 radical (unpaired) electrons. The molecular formula is C14H26O3. The van der Waals surface area contributed by atoms with Crippen molar-refractivity contribution >= 4 is 5.78 Å². The standard InChI is InChI=1S/C14H26O3/c1-4-6-12(3)11-13(15)14(17-5-2)7-9-16-10-8-14/h12H,4-11H2,1-3H3. The van der Waals surface area contributed by atoms with Crippen molar-refractivity contribution in [3.05, 3.63) is 0 Å². The van der Waals surface area contributed by atoms with Gasteiger partial charge in [0.25, 0.3) is 0 Å². The number of Topliss-reactive ketones (excluding diaryl/α,β-unsaturated/α-hetero) is 1. The number of ether oxygens (including phenoxy) is 2. The van der Waals surface area contributed by atoms with E-state index in [1.54, 1.807) is 0 Å². The van der Waals surface area contributed by atoms with Gasteiger partial charge in [0.1, 0.15) is 5.60 Å². The van der Waals surface area contributed by atoms with Gasteiger partial charge in [0, 0.05) is 39.1 Å². The van der Waals surface area contributed by atoms with Crippen molar-refractivity contribution in [3.63, 3.8) is 0 Å². The van der Waals surface area contributed by atoms with Crippen molar-refractivity contribution < 1.29 is 14.3 Å². The van der Waals surface area contributed by atoms with Crippen LogP contribution < -0.4 is 0 Å². The maximum Gasteiger partial charge on any atom is 0.165 e. The molecule has 3 heteroatoms. The Bertz CT molecular complexity index is 226. The Labute approximate surface area is 105 Å². The van der Waals surface area contributed by atoms with Gasteiger partial charge < -0.3 is 9.47 Å². The normalized spacial score (nSPS) is 21.1. The van der Waals surface area contributed by atoms with E-state index in [0.717, 1.165) is 25.7 Å². The molecule has 0 aliphatic carbocycles. The molecule has 0 aromatic heterocycles. The molecule has 0 N–H and O–H groups in total. The van der Waals surface area contributed by atoms with Crippen LogP contribution in [0, 0.1) is 5.92 Å². The summed E-state index contributed by atoms with van der Waals surface area (Å²) in [7, 11) is 0. The molecule has 0 aromatic rings. The fraction of sp³-hybridized carbons (Fsp3) is 0.929. The summed E-state index contributed by atoms with van der Waals surface area (Å²) in [5.74, 6) is 0.747. The van der Waals surface area contributed by atoms with Crippen LogP contribution in [0.25, 0.3) is 0 Å². The average molecular weight is 242 g/mol. The lowest BCUT2D eigenvalue weighted by molar-refractivity contribution is -0.158. The Kier molecular flexibility index (Phi) is 6.14. The Hall–Kier alpha value is -0.410. The molecule has 1 fully saturated rings. The molecule has 0 saturated carbocycles. The molecule has 1 rings (SSSR count). The summed E-state index contributed by atoms with van der Waals surface area (Å²) in [4.78, 5) is 12.4. The maximum atomic E-state index is 12.4. The van der Waals surface area contributed by atoms with Crippen LogP contribution in [0.3, 0.4) is 0 Å². The number of rotatable bonds is 7. The van der Waals surface area contributed by atoms with Crippen molar-refractivity contribution in [2.24, 2.45) is 5.92 Å². The highest BCUT2D eigenvalue weighted by atomic mass is 16.5. The Morgan fingerprint density at radius 2 is 2.00 bits per heavy atom. The van der Waals surface area contributed by atoms with E-state index in [0.29, 0.717) is 32.2 Å². The van der Waals surface area contributed by atoms with Crippen molar-refractivity contribution in [1.82, 2.24) is 0 Å². The lowest BCUT2D eigenvalue weighted by Crippen LogP contribution is -2.47. The highest BCUT2D eigenvalue weighted by Crippen LogP contribution is 2.29. The minimum absolute atomic E-state index is 0.281. The first-order chi connectivity index (χ1) is 8.14. The first-order valence-corrected chi connectivity index (χ1v) is 6.89. The van der Waals surface area contributed by atoms with Crippen LogP contribution in [0.2, 0.25) is 0 Å². The molecular weight excluding hydrogens is 216 g/mol. The van der Waals surface area contributed by atoms with Crippen LogP contribution in [0.4, 0.5) is 0 Å². The van der Waals surface area contributed by atoms with Crippen molar-refractivity contribution in [2.45, 2.75) is 58.5 Å². The van der Waals surface area contributed by atoms with Crippen LogP contribution in [0.1, 0.15) is 52.9 Å². The van der Waals surface area contributed by atoms with Crippen LogP contribution in [0.15, 0.2) is 0 Å². The average Bonchev–Trinajstić information content (AvgIpc) is 2.30. The van der Waals surface area contributed by atoms with Crippen LogP contribution in [-0.4, -0.2) is 31.2 Å². The fourth-order valence-electron chi connectivity index (χ4n) is 2.58. The van der Waals surface area contributed by atoms with Gasteiger partial charge in [-0.3, -0.25) is 4.79 Å². The summed E-state index contributed by atoms with van der Waals surface area (Å²) < 4.78 is 11.1. The smallest absolute Gasteiger partial charge is 0.165 e. The molecule has 1 heterocycles. The minimum Gasteiger partial charge on any atom is -0.381 e. The van der Waals surface area contributed by atoms with E-state index in [2.05, 4.69) is 13.8 Å². The third-order valence-corrected chi connectivity index (χ3v) is 3.54. The summed E-state index contributed by atoms with van der Waals surface area (Å²) in [6.45, 7) is 8.17. The molecule has 1 saturated heterocycles. The molecule has 17 heavy (non-hydrogen) atoms. The molecule has 1 aliphatic heterocycles. The third-order valence-electron chi connectivity index (χ3n) is 3.54. The van der Waals surface area contributed by atoms with Gasteiger partial charge in [-0.2, -0.15) is 0 Å². The number of carbonyl (C=O) groups excluding carboxylic acids is 1. The molecule has 0 amide bonds. The van der Waals surface area contributed by atoms with Gasteiger partial charge in [-0.05, 0) is 12.8 Å². The topological polar surface area (TPSA) is 35.5 Å². The highest BCUT2D eigenvalue weighted by molar-refractivity contribution is 5.87. The zero-order valence-corrected chi connectivity index (χ0v) is 11.5. The Morgan fingerprint density at radius 1 is 1.35 bits per heavy atom. The second-order valence-electron chi connectivity index (χ2n) is 5.06. The van der Waals surface area contributed by atoms with Crippen LogP contribution in [0.5, 0.6) is 0 Å². The second-order valence-corrected chi connectivity index (χ2v) is 5.06. The van der Waals surface area contributed by atoms with E-state index in [9.17, 15) is 4.79 Å². The van der Waals surface area contributed by atoms with Gasteiger partial charge in [-0.1, -0.05) is 26.7 Å². The summed E-state index contributed by atoms with van der Waals surface area (Å²) in [5, 5.41) is 0. The van der Waals surface area contributed by atoms with E-state index < -0.39 is 5.60 Å². The second kappa shape index (κ2) is 7.12. The number of hydrogen-bond donors (Lipinski definition) is 0. The van der Waals surface area contributed by atoms with Crippen molar-refractivity contribution in [3.8, 4) is 0 Å². The van der Waals surface area contributed by atoms with Gasteiger partial charge in [0.15, 0.2) is 5.78 Å². The molecule has 1 atom stereocenters. The van der Waals surface area contributed by atoms with Crippen LogP contribution >= 0.6 is 0 Å². The first kappa shape index (κ1) is 14.7. The summed E-state index contributed by atoms with van der Waals surface area (Å²) in [6, 6.07) is 0. The first-order valence-electron chi connectivity index (χ1n) is 6.89. The number of carbonyl (C=O) groups is 1. The molecule has 1 unspecified atom stereocenters. The third kappa shape index (κ3) is 4.07. The number of hydrogen-bond acceptors (Lipinski definition) is 3. The quantitative estimate of drug-likeness (QED) is 0.688. The van der Waals surface area contributed by atoms with Gasteiger partial charge in [-0.15, -0.1) is 0 Å². The highest BCUT2D eigenvalue weighted by Gasteiger charge is 2.40. The molecule has 0 bridgehead atoms. The summed E-state index contributed by atoms with van der Waals surface area (Å²) >= 11 is 0. The lowest BCUT2D eigenvalue weighted by atomic mass is 9.84. The predicted molar refractivity (Wildman–Crippen MR) is 68.1 cm³/mol. The van der Waals surface area contributed by atoms with E-state index in [4.69, 9.17) is 9.47 Å². The summed E-state index contributed by atoms with van der Waals surface area (Å²) in [6.07, 6.45) is 4.34. The number of ketones is 1. The summed E-state index contributed by atoms with van der Waals surface area (Å²) in [5.41, 5.74) is -0.547. The zero-order chi connectivity index (χ0) is 12.7. The SMILES string of the molecule is CCCC(C)CC(=O)C1(OCC)CCOCC1. The van der Waals surface area contributed by atoms with E-state index in [1.165, 1.54) is 0 Å². The lowest BCUT2D eigenvalue weighted by Gasteiger charge is -2.36. The van der Waals surface area contributed by atoms with Gasteiger partial charge in [0.2, 0.25) is 0 Å². The van der Waals surface area contributed by atoms with E-state index in [-0.39, 0.29) is 5.78 Å². The van der Waals surface area contributed by atoms with Gasteiger partial charge >= 0.3 is 0 Å². The Morgan fingerprint density at radius 3 is 2.53 bits per heavy atom. The molecule has 0 spiro atoms.